The SMILES string of the molecule is C#CCS(=O)(=O)CCCCC#N. The van der Waals surface area contributed by atoms with Crippen LogP contribution < -0.4 is 0 Å². The molecule has 0 fully saturated rings. The van der Waals surface area contributed by atoms with E-state index in [0.717, 1.165) is 0 Å². The van der Waals surface area contributed by atoms with Gasteiger partial charge in [0, 0.05) is 6.42 Å². The van der Waals surface area contributed by atoms with Gasteiger partial charge in [-0.2, -0.15) is 5.26 Å². The van der Waals surface area contributed by atoms with Gasteiger partial charge in [0.15, 0.2) is 9.84 Å². The molecule has 0 aliphatic carbocycles. The van der Waals surface area contributed by atoms with Crippen LogP contribution in [0.15, 0.2) is 0 Å². The number of hydrogen-bond donors (Lipinski definition) is 0. The van der Waals surface area contributed by atoms with Gasteiger partial charge in [-0.1, -0.05) is 5.92 Å². The van der Waals surface area contributed by atoms with Crippen LogP contribution in [0.1, 0.15) is 19.3 Å². The number of rotatable bonds is 5. The summed E-state index contributed by atoms with van der Waals surface area (Å²) in [5.41, 5.74) is 0. The molecule has 0 bridgehead atoms. The van der Waals surface area contributed by atoms with E-state index in [0.29, 0.717) is 19.3 Å². The summed E-state index contributed by atoms with van der Waals surface area (Å²) < 4.78 is 21.9. The molecule has 0 saturated carbocycles. The van der Waals surface area contributed by atoms with Crippen LogP contribution in [0.3, 0.4) is 0 Å². The number of hydrogen-bond acceptors (Lipinski definition) is 3. The molecule has 0 radical (unpaired) electrons. The summed E-state index contributed by atoms with van der Waals surface area (Å²) in [5, 5.41) is 8.17. The summed E-state index contributed by atoms with van der Waals surface area (Å²) in [6.45, 7) is 0. The number of nitrogens with zero attached hydrogens (tertiary/aromatic N) is 1. The second kappa shape index (κ2) is 5.62. The number of nitriles is 1. The zero-order chi connectivity index (χ0) is 9.45. The van der Waals surface area contributed by atoms with E-state index >= 15 is 0 Å². The van der Waals surface area contributed by atoms with Crippen molar-refractivity contribution in [1.29, 1.82) is 5.26 Å². The van der Waals surface area contributed by atoms with E-state index in [-0.39, 0.29) is 11.5 Å². The van der Waals surface area contributed by atoms with Crippen molar-refractivity contribution in [1.82, 2.24) is 0 Å². The van der Waals surface area contributed by atoms with E-state index < -0.39 is 9.84 Å². The van der Waals surface area contributed by atoms with E-state index in [1.54, 1.807) is 0 Å². The summed E-state index contributed by atoms with van der Waals surface area (Å²) in [5.74, 6) is 2.00. The van der Waals surface area contributed by atoms with Gasteiger partial charge >= 0.3 is 0 Å². The number of terminal acetylenes is 1. The molecule has 0 aliphatic rings. The fourth-order valence-electron chi connectivity index (χ4n) is 0.725. The molecule has 0 N–H and O–H groups in total. The second-order valence-electron chi connectivity index (χ2n) is 2.41. The van der Waals surface area contributed by atoms with Gasteiger partial charge in [-0.25, -0.2) is 8.42 Å². The Morgan fingerprint density at radius 2 is 2.00 bits per heavy atom. The smallest absolute Gasteiger partial charge is 0.161 e. The van der Waals surface area contributed by atoms with E-state index in [4.69, 9.17) is 11.7 Å². The van der Waals surface area contributed by atoms with Crippen LogP contribution >= 0.6 is 0 Å². The van der Waals surface area contributed by atoms with Gasteiger partial charge < -0.3 is 0 Å². The van der Waals surface area contributed by atoms with Crippen molar-refractivity contribution >= 4 is 9.84 Å². The first-order valence-electron chi connectivity index (χ1n) is 3.63. The van der Waals surface area contributed by atoms with E-state index in [1.165, 1.54) is 0 Å². The lowest BCUT2D eigenvalue weighted by Gasteiger charge is -1.97. The molecular weight excluding hydrogens is 174 g/mol. The summed E-state index contributed by atoms with van der Waals surface area (Å²) in [4.78, 5) is 0. The van der Waals surface area contributed by atoms with Crippen molar-refractivity contribution in [3.05, 3.63) is 0 Å². The van der Waals surface area contributed by atoms with E-state index in [1.807, 2.05) is 6.07 Å². The summed E-state index contributed by atoms with van der Waals surface area (Å²) in [6.07, 6.45) is 6.42. The number of sulfone groups is 1. The van der Waals surface area contributed by atoms with Gasteiger partial charge in [-0.3, -0.25) is 0 Å². The monoisotopic (exact) mass is 185 g/mol. The molecule has 4 heteroatoms. The number of unbranched alkanes of at least 4 members (excludes halogenated alkanes) is 2. The minimum atomic E-state index is -3.06. The van der Waals surface area contributed by atoms with Crippen LogP contribution in [-0.2, 0) is 9.84 Å². The zero-order valence-electron chi connectivity index (χ0n) is 6.78. The normalized spacial score (nSPS) is 10.2. The first-order chi connectivity index (χ1) is 5.62. The van der Waals surface area contributed by atoms with Crippen molar-refractivity contribution in [2.45, 2.75) is 19.3 Å². The molecule has 0 heterocycles. The minimum Gasteiger partial charge on any atom is -0.228 e. The van der Waals surface area contributed by atoms with Crippen LogP contribution in [0.5, 0.6) is 0 Å². The maximum absolute atomic E-state index is 11.0. The molecule has 0 aromatic rings. The first-order valence-corrected chi connectivity index (χ1v) is 5.45. The second-order valence-corrected chi connectivity index (χ2v) is 4.60. The molecule has 0 saturated heterocycles. The lowest BCUT2D eigenvalue weighted by Crippen LogP contribution is -2.09. The molecule has 0 aromatic heterocycles. The molecule has 0 aromatic carbocycles. The molecule has 0 atom stereocenters. The zero-order valence-corrected chi connectivity index (χ0v) is 7.60. The highest BCUT2D eigenvalue weighted by atomic mass is 32.2. The Hall–Kier alpha value is -1.00. The first kappa shape index (κ1) is 11.0. The van der Waals surface area contributed by atoms with Gasteiger partial charge in [0.05, 0.1) is 11.8 Å². The molecule has 0 amide bonds. The molecule has 0 unspecified atom stereocenters. The Balaban J connectivity index is 3.66. The highest BCUT2D eigenvalue weighted by molar-refractivity contribution is 7.91. The Kier molecular flexibility index (Phi) is 5.16. The van der Waals surface area contributed by atoms with Crippen LogP contribution in [0.4, 0.5) is 0 Å². The van der Waals surface area contributed by atoms with Crippen molar-refractivity contribution in [3.63, 3.8) is 0 Å². The molecule has 66 valence electrons. The standard InChI is InChI=1S/C8H11NO2S/c1-2-7-12(10,11)8-5-3-4-6-9/h1H,3-5,7-8H2. The predicted molar refractivity (Wildman–Crippen MR) is 47.0 cm³/mol. The summed E-state index contributed by atoms with van der Waals surface area (Å²) in [7, 11) is -3.06. The molecule has 12 heavy (non-hydrogen) atoms. The summed E-state index contributed by atoms with van der Waals surface area (Å²) in [6, 6.07) is 1.95. The lowest BCUT2D eigenvalue weighted by molar-refractivity contribution is 0.595. The van der Waals surface area contributed by atoms with Crippen molar-refractivity contribution in [2.75, 3.05) is 11.5 Å². The summed E-state index contributed by atoms with van der Waals surface area (Å²) >= 11 is 0. The Morgan fingerprint density at radius 3 is 2.50 bits per heavy atom. The van der Waals surface area contributed by atoms with Gasteiger partial charge in [-0.05, 0) is 12.8 Å². The van der Waals surface area contributed by atoms with Crippen LogP contribution in [0, 0.1) is 23.7 Å². The van der Waals surface area contributed by atoms with Crippen LogP contribution in [-0.4, -0.2) is 19.9 Å². The third kappa shape index (κ3) is 5.76. The predicted octanol–water partition coefficient (Wildman–Crippen LogP) is 0.728. The molecular formula is C8H11NO2S. The van der Waals surface area contributed by atoms with Gasteiger partial charge in [-0.15, -0.1) is 6.42 Å². The highest BCUT2D eigenvalue weighted by Crippen LogP contribution is 1.99. The van der Waals surface area contributed by atoms with Gasteiger partial charge in [0.25, 0.3) is 0 Å². The van der Waals surface area contributed by atoms with Crippen molar-refractivity contribution < 1.29 is 8.42 Å². The van der Waals surface area contributed by atoms with Crippen LogP contribution in [0.25, 0.3) is 0 Å². The molecule has 0 aliphatic heterocycles. The average Bonchev–Trinajstić information content (AvgIpc) is 1.98. The lowest BCUT2D eigenvalue weighted by atomic mass is 10.3. The molecule has 0 spiro atoms. The van der Waals surface area contributed by atoms with Crippen molar-refractivity contribution in [3.8, 4) is 18.4 Å². The third-order valence-electron chi connectivity index (χ3n) is 1.30. The maximum Gasteiger partial charge on any atom is 0.161 e. The average molecular weight is 185 g/mol. The van der Waals surface area contributed by atoms with E-state index in [2.05, 4.69) is 5.92 Å². The highest BCUT2D eigenvalue weighted by Gasteiger charge is 2.07. The van der Waals surface area contributed by atoms with Crippen LogP contribution in [0.2, 0.25) is 0 Å². The Labute approximate surface area is 73.3 Å². The van der Waals surface area contributed by atoms with Gasteiger partial charge in [0.2, 0.25) is 0 Å². The van der Waals surface area contributed by atoms with Gasteiger partial charge in [0.1, 0.15) is 5.75 Å². The Morgan fingerprint density at radius 1 is 1.33 bits per heavy atom. The third-order valence-corrected chi connectivity index (χ3v) is 2.81. The largest absolute Gasteiger partial charge is 0.228 e. The Bertz CT molecular complexity index is 292. The fraction of sp³-hybridized carbons (Fsp3) is 0.625. The quantitative estimate of drug-likeness (QED) is 0.468. The molecule has 0 rings (SSSR count). The minimum absolute atomic E-state index is 0.0961. The topological polar surface area (TPSA) is 57.9 Å². The van der Waals surface area contributed by atoms with Crippen molar-refractivity contribution in [2.24, 2.45) is 0 Å². The maximum atomic E-state index is 11.0. The fourth-order valence-corrected chi connectivity index (χ4v) is 1.77. The molecule has 3 nitrogen and oxygen atoms in total. The van der Waals surface area contributed by atoms with E-state index in [9.17, 15) is 8.42 Å².